The van der Waals surface area contributed by atoms with Gasteiger partial charge >= 0.3 is 5.97 Å². The third-order valence-corrected chi connectivity index (χ3v) is 3.98. The molecule has 138 valence electrons. The Morgan fingerprint density at radius 2 is 1.85 bits per heavy atom. The number of para-hydroxylation sites is 1. The smallest absolute Gasteiger partial charge is 0.335 e. The van der Waals surface area contributed by atoms with Gasteiger partial charge in [-0.15, -0.1) is 0 Å². The zero-order chi connectivity index (χ0) is 18.9. The van der Waals surface area contributed by atoms with E-state index in [9.17, 15) is 14.0 Å². The van der Waals surface area contributed by atoms with Crippen molar-refractivity contribution in [1.82, 2.24) is 5.32 Å². The average Bonchev–Trinajstić information content (AvgIpc) is 2.65. The Labute approximate surface area is 151 Å². The summed E-state index contributed by atoms with van der Waals surface area (Å²) in [5, 5.41) is 11.9. The second kappa shape index (κ2) is 9.56. The molecule has 6 heteroatoms. The van der Waals surface area contributed by atoms with Crippen LogP contribution in [0.15, 0.2) is 48.5 Å². The van der Waals surface area contributed by atoms with Crippen LogP contribution >= 0.6 is 0 Å². The van der Waals surface area contributed by atoms with Gasteiger partial charge in [0.05, 0.1) is 12.1 Å². The molecule has 2 N–H and O–H groups in total. The molecule has 26 heavy (non-hydrogen) atoms. The number of carbonyl (C=O) groups excluding carboxylic acids is 1. The molecule has 2 aromatic rings. The summed E-state index contributed by atoms with van der Waals surface area (Å²) in [6.45, 7) is 2.14. The van der Waals surface area contributed by atoms with Crippen LogP contribution < -0.4 is 10.1 Å². The molecule has 0 saturated carbocycles. The van der Waals surface area contributed by atoms with Gasteiger partial charge in [-0.05, 0) is 36.6 Å². The Kier molecular flexibility index (Phi) is 7.14. The SMILES string of the molecule is CCC(CNC(=O)CCc1ccccc1C(=O)O)Oc1ccccc1F. The maximum atomic E-state index is 13.6. The van der Waals surface area contributed by atoms with Gasteiger partial charge in [0, 0.05) is 6.42 Å². The molecule has 1 unspecified atom stereocenters. The minimum Gasteiger partial charge on any atom is -0.486 e. The van der Waals surface area contributed by atoms with Crippen LogP contribution in [0.25, 0.3) is 0 Å². The van der Waals surface area contributed by atoms with E-state index in [-0.39, 0.29) is 36.3 Å². The van der Waals surface area contributed by atoms with Gasteiger partial charge in [-0.3, -0.25) is 4.79 Å². The predicted molar refractivity (Wildman–Crippen MR) is 95.8 cm³/mol. The van der Waals surface area contributed by atoms with Gasteiger partial charge in [-0.2, -0.15) is 0 Å². The third kappa shape index (κ3) is 5.58. The molecule has 0 heterocycles. The molecule has 2 aromatic carbocycles. The number of rotatable bonds is 9. The summed E-state index contributed by atoms with van der Waals surface area (Å²) >= 11 is 0. The normalized spacial score (nSPS) is 11.6. The molecule has 0 aromatic heterocycles. The van der Waals surface area contributed by atoms with Gasteiger partial charge in [0.2, 0.25) is 5.91 Å². The monoisotopic (exact) mass is 359 g/mol. The van der Waals surface area contributed by atoms with E-state index in [0.717, 1.165) is 0 Å². The lowest BCUT2D eigenvalue weighted by Crippen LogP contribution is -2.35. The summed E-state index contributed by atoms with van der Waals surface area (Å²) in [7, 11) is 0. The number of hydrogen-bond donors (Lipinski definition) is 2. The second-order valence-electron chi connectivity index (χ2n) is 5.84. The molecule has 0 saturated heterocycles. The molecule has 0 fully saturated rings. The predicted octanol–water partition coefficient (Wildman–Crippen LogP) is 3.43. The molecule has 1 atom stereocenters. The van der Waals surface area contributed by atoms with Crippen molar-refractivity contribution in [2.24, 2.45) is 0 Å². The fraction of sp³-hybridized carbons (Fsp3) is 0.300. The average molecular weight is 359 g/mol. The van der Waals surface area contributed by atoms with Crippen LogP contribution in [0, 0.1) is 5.82 Å². The topological polar surface area (TPSA) is 75.6 Å². The number of ether oxygens (including phenoxy) is 1. The molecular weight excluding hydrogens is 337 g/mol. The fourth-order valence-electron chi connectivity index (χ4n) is 2.50. The quantitative estimate of drug-likeness (QED) is 0.719. The first-order valence-electron chi connectivity index (χ1n) is 8.50. The van der Waals surface area contributed by atoms with Gasteiger partial charge in [-0.25, -0.2) is 9.18 Å². The van der Waals surface area contributed by atoms with E-state index in [4.69, 9.17) is 9.84 Å². The summed E-state index contributed by atoms with van der Waals surface area (Å²) in [6, 6.07) is 12.7. The number of hydrogen-bond acceptors (Lipinski definition) is 3. The molecule has 0 bridgehead atoms. The Balaban J connectivity index is 1.84. The van der Waals surface area contributed by atoms with Crippen molar-refractivity contribution >= 4 is 11.9 Å². The van der Waals surface area contributed by atoms with Gasteiger partial charge in [0.25, 0.3) is 0 Å². The number of carboxylic acid groups (broad SMARTS) is 1. The number of benzene rings is 2. The Morgan fingerprint density at radius 1 is 1.15 bits per heavy atom. The highest BCUT2D eigenvalue weighted by Gasteiger charge is 2.14. The Bertz CT molecular complexity index is 763. The summed E-state index contributed by atoms with van der Waals surface area (Å²) in [5.74, 6) is -1.50. The number of carboxylic acids is 1. The molecule has 5 nitrogen and oxygen atoms in total. The van der Waals surface area contributed by atoms with E-state index in [1.807, 2.05) is 6.92 Å². The minimum atomic E-state index is -1.01. The maximum Gasteiger partial charge on any atom is 0.335 e. The van der Waals surface area contributed by atoms with Crippen LogP contribution in [-0.4, -0.2) is 29.6 Å². The Morgan fingerprint density at radius 3 is 2.54 bits per heavy atom. The number of aromatic carboxylic acids is 1. The van der Waals surface area contributed by atoms with Crippen LogP contribution in [0.4, 0.5) is 4.39 Å². The lowest BCUT2D eigenvalue weighted by atomic mass is 10.0. The first kappa shape index (κ1) is 19.4. The first-order valence-corrected chi connectivity index (χ1v) is 8.50. The number of halogens is 1. The van der Waals surface area contributed by atoms with Crippen LogP contribution in [0.5, 0.6) is 5.75 Å². The van der Waals surface area contributed by atoms with Crippen molar-refractivity contribution < 1.29 is 23.8 Å². The van der Waals surface area contributed by atoms with Gasteiger partial charge < -0.3 is 15.2 Å². The summed E-state index contributed by atoms with van der Waals surface area (Å²) in [5.41, 5.74) is 0.819. The number of carbonyl (C=O) groups is 2. The van der Waals surface area contributed by atoms with E-state index in [0.29, 0.717) is 18.4 Å². The summed E-state index contributed by atoms with van der Waals surface area (Å²) in [6.07, 6.45) is 0.762. The standard InChI is InChI=1S/C20H22FNO4/c1-2-15(26-18-10-6-5-9-17(18)21)13-22-19(23)12-11-14-7-3-4-8-16(14)20(24)25/h3-10,15H,2,11-13H2,1H3,(H,22,23)(H,24,25). The van der Waals surface area contributed by atoms with E-state index >= 15 is 0 Å². The van der Waals surface area contributed by atoms with E-state index in [2.05, 4.69) is 5.32 Å². The molecule has 0 radical (unpaired) electrons. The molecular formula is C20H22FNO4. The minimum absolute atomic E-state index is 0.156. The van der Waals surface area contributed by atoms with E-state index in [1.165, 1.54) is 12.1 Å². The molecule has 2 rings (SSSR count). The van der Waals surface area contributed by atoms with Crippen LogP contribution in [0.2, 0.25) is 0 Å². The van der Waals surface area contributed by atoms with E-state index in [1.54, 1.807) is 36.4 Å². The lowest BCUT2D eigenvalue weighted by molar-refractivity contribution is -0.121. The number of amides is 1. The zero-order valence-electron chi connectivity index (χ0n) is 14.6. The summed E-state index contributed by atoms with van der Waals surface area (Å²) in [4.78, 5) is 23.2. The highest BCUT2D eigenvalue weighted by atomic mass is 19.1. The zero-order valence-corrected chi connectivity index (χ0v) is 14.6. The molecule has 0 aliphatic carbocycles. The highest BCUT2D eigenvalue weighted by molar-refractivity contribution is 5.89. The van der Waals surface area contributed by atoms with Gasteiger partial charge in [-0.1, -0.05) is 37.3 Å². The lowest BCUT2D eigenvalue weighted by Gasteiger charge is -2.18. The molecule has 1 amide bonds. The second-order valence-corrected chi connectivity index (χ2v) is 5.84. The van der Waals surface area contributed by atoms with Crippen LogP contribution in [0.1, 0.15) is 35.7 Å². The van der Waals surface area contributed by atoms with Crippen molar-refractivity contribution in [1.29, 1.82) is 0 Å². The Hall–Kier alpha value is -2.89. The van der Waals surface area contributed by atoms with Crippen molar-refractivity contribution in [2.45, 2.75) is 32.3 Å². The fourth-order valence-corrected chi connectivity index (χ4v) is 2.50. The van der Waals surface area contributed by atoms with Crippen molar-refractivity contribution in [2.75, 3.05) is 6.54 Å². The maximum absolute atomic E-state index is 13.6. The molecule has 0 aliphatic heterocycles. The van der Waals surface area contributed by atoms with E-state index < -0.39 is 11.8 Å². The third-order valence-electron chi connectivity index (χ3n) is 3.98. The summed E-state index contributed by atoms with van der Waals surface area (Å²) < 4.78 is 19.2. The molecule has 0 spiro atoms. The first-order chi connectivity index (χ1) is 12.5. The molecule has 0 aliphatic rings. The van der Waals surface area contributed by atoms with Crippen molar-refractivity contribution in [3.05, 3.63) is 65.5 Å². The largest absolute Gasteiger partial charge is 0.486 e. The van der Waals surface area contributed by atoms with Gasteiger partial charge in [0.15, 0.2) is 11.6 Å². The number of aryl methyl sites for hydroxylation is 1. The highest BCUT2D eigenvalue weighted by Crippen LogP contribution is 2.18. The van der Waals surface area contributed by atoms with Crippen molar-refractivity contribution in [3.63, 3.8) is 0 Å². The van der Waals surface area contributed by atoms with Crippen LogP contribution in [0.3, 0.4) is 0 Å². The van der Waals surface area contributed by atoms with Crippen molar-refractivity contribution in [3.8, 4) is 5.75 Å². The van der Waals surface area contributed by atoms with Crippen LogP contribution in [-0.2, 0) is 11.2 Å². The number of nitrogens with one attached hydrogen (secondary N) is 1. The van der Waals surface area contributed by atoms with Gasteiger partial charge in [0.1, 0.15) is 6.10 Å².